The number of halogens is 1. The van der Waals surface area contributed by atoms with Gasteiger partial charge in [0.05, 0.1) is 5.56 Å². The van der Waals surface area contributed by atoms with Gasteiger partial charge >= 0.3 is 11.7 Å². The Morgan fingerprint density at radius 2 is 2.00 bits per heavy atom. The van der Waals surface area contributed by atoms with Crippen LogP contribution in [0.1, 0.15) is 10.4 Å². The number of pyridine rings is 1. The first kappa shape index (κ1) is 17.4. The fourth-order valence-electron chi connectivity index (χ4n) is 1.78. The van der Waals surface area contributed by atoms with Gasteiger partial charge in [-0.3, -0.25) is 18.7 Å². The number of amides is 1. The van der Waals surface area contributed by atoms with Gasteiger partial charge in [-0.1, -0.05) is 11.6 Å². The van der Waals surface area contributed by atoms with Crippen LogP contribution in [0, 0.1) is 0 Å². The second-order valence-electron chi connectivity index (χ2n) is 4.73. The van der Waals surface area contributed by atoms with E-state index in [0.29, 0.717) is 0 Å². The average molecular weight is 353 g/mol. The van der Waals surface area contributed by atoms with Crippen molar-refractivity contribution in [1.29, 1.82) is 0 Å². The predicted molar refractivity (Wildman–Crippen MR) is 85.1 cm³/mol. The SMILES string of the molecule is Cn1c(NC(=O)COC(=O)c2cccnc2Cl)cc(=O)n(C)c1=O. The molecule has 2 aromatic heterocycles. The molecule has 0 spiro atoms. The molecule has 2 heterocycles. The second kappa shape index (κ2) is 7.09. The van der Waals surface area contributed by atoms with Gasteiger partial charge in [0.15, 0.2) is 6.61 Å². The van der Waals surface area contributed by atoms with Crippen molar-refractivity contribution in [2.45, 2.75) is 0 Å². The molecule has 0 atom stereocenters. The molecule has 126 valence electrons. The number of aromatic nitrogens is 3. The molecule has 0 saturated carbocycles. The van der Waals surface area contributed by atoms with Crippen LogP contribution in [0.5, 0.6) is 0 Å². The largest absolute Gasteiger partial charge is 0.452 e. The lowest BCUT2D eigenvalue weighted by molar-refractivity contribution is -0.119. The molecule has 0 unspecified atom stereocenters. The van der Waals surface area contributed by atoms with E-state index in [4.69, 9.17) is 16.3 Å². The van der Waals surface area contributed by atoms with Crippen LogP contribution in [0.15, 0.2) is 34.0 Å². The Balaban J connectivity index is 2.05. The molecule has 2 rings (SSSR count). The number of carbonyl (C=O) groups excluding carboxylic acids is 2. The molecule has 0 saturated heterocycles. The third-order valence-corrected chi connectivity index (χ3v) is 3.41. The molecule has 9 nitrogen and oxygen atoms in total. The zero-order valence-corrected chi connectivity index (χ0v) is 13.5. The molecule has 0 aliphatic heterocycles. The number of hydrogen-bond donors (Lipinski definition) is 1. The number of anilines is 1. The molecule has 0 aliphatic rings. The zero-order chi connectivity index (χ0) is 17.9. The highest BCUT2D eigenvalue weighted by Gasteiger charge is 2.15. The first-order valence-electron chi connectivity index (χ1n) is 6.66. The molecule has 1 N–H and O–H groups in total. The topological polar surface area (TPSA) is 112 Å². The third-order valence-electron chi connectivity index (χ3n) is 3.11. The maximum Gasteiger partial charge on any atom is 0.341 e. The van der Waals surface area contributed by atoms with Gasteiger partial charge < -0.3 is 10.1 Å². The van der Waals surface area contributed by atoms with Crippen LogP contribution in [-0.4, -0.2) is 32.6 Å². The van der Waals surface area contributed by atoms with Gasteiger partial charge in [-0.2, -0.15) is 0 Å². The number of nitrogens with one attached hydrogen (secondary N) is 1. The van der Waals surface area contributed by atoms with Crippen molar-refractivity contribution < 1.29 is 14.3 Å². The molecular formula is C14H13ClN4O5. The van der Waals surface area contributed by atoms with Crippen LogP contribution in [0.3, 0.4) is 0 Å². The van der Waals surface area contributed by atoms with Crippen LogP contribution in [0.4, 0.5) is 5.82 Å². The lowest BCUT2D eigenvalue weighted by Crippen LogP contribution is -2.38. The monoisotopic (exact) mass is 352 g/mol. The summed E-state index contributed by atoms with van der Waals surface area (Å²) in [7, 11) is 2.70. The lowest BCUT2D eigenvalue weighted by Gasteiger charge is -2.11. The number of hydrogen-bond acceptors (Lipinski definition) is 6. The van der Waals surface area contributed by atoms with Gasteiger partial charge in [0.2, 0.25) is 0 Å². The minimum atomic E-state index is -0.818. The van der Waals surface area contributed by atoms with Crippen molar-refractivity contribution in [2.24, 2.45) is 14.1 Å². The summed E-state index contributed by atoms with van der Waals surface area (Å²) >= 11 is 5.75. The van der Waals surface area contributed by atoms with Crippen molar-refractivity contribution in [1.82, 2.24) is 14.1 Å². The van der Waals surface area contributed by atoms with E-state index in [-0.39, 0.29) is 16.5 Å². The second-order valence-corrected chi connectivity index (χ2v) is 5.09. The van der Waals surface area contributed by atoms with Gasteiger partial charge in [-0.05, 0) is 12.1 Å². The summed E-state index contributed by atoms with van der Waals surface area (Å²) in [6.45, 7) is -0.618. The fourth-order valence-corrected chi connectivity index (χ4v) is 1.98. The summed E-state index contributed by atoms with van der Waals surface area (Å²) in [6, 6.07) is 3.98. The molecule has 0 aromatic carbocycles. The third kappa shape index (κ3) is 3.69. The van der Waals surface area contributed by atoms with Crippen molar-refractivity contribution in [3.8, 4) is 0 Å². The smallest absolute Gasteiger partial charge is 0.341 e. The van der Waals surface area contributed by atoms with Crippen LogP contribution in [0.25, 0.3) is 0 Å². The zero-order valence-electron chi connectivity index (χ0n) is 12.8. The van der Waals surface area contributed by atoms with Gasteiger partial charge in [0.1, 0.15) is 11.0 Å². The van der Waals surface area contributed by atoms with Crippen molar-refractivity contribution in [3.05, 3.63) is 56.0 Å². The molecule has 0 radical (unpaired) electrons. The summed E-state index contributed by atoms with van der Waals surface area (Å²) in [4.78, 5) is 50.7. The van der Waals surface area contributed by atoms with Crippen LogP contribution < -0.4 is 16.6 Å². The van der Waals surface area contributed by atoms with Gasteiger partial charge in [0, 0.05) is 26.4 Å². The predicted octanol–water partition coefficient (Wildman–Crippen LogP) is -0.0721. The van der Waals surface area contributed by atoms with Crippen LogP contribution in [-0.2, 0) is 23.6 Å². The highest BCUT2D eigenvalue weighted by molar-refractivity contribution is 6.32. The summed E-state index contributed by atoms with van der Waals surface area (Å²) in [5, 5.41) is 2.28. The standard InChI is InChI=1S/C14H13ClN4O5/c1-18-9(6-11(21)19(2)14(18)23)17-10(20)7-24-13(22)8-4-3-5-16-12(8)15/h3-6H,7H2,1-2H3,(H,17,20). The van der Waals surface area contributed by atoms with Crippen LogP contribution >= 0.6 is 11.6 Å². The summed E-state index contributed by atoms with van der Waals surface area (Å²) < 4.78 is 6.79. The Kier molecular flexibility index (Phi) is 5.14. The first-order valence-corrected chi connectivity index (χ1v) is 7.03. The van der Waals surface area contributed by atoms with Gasteiger partial charge in [0.25, 0.3) is 11.5 Å². The molecule has 2 aromatic rings. The molecule has 10 heteroatoms. The van der Waals surface area contributed by atoms with Gasteiger partial charge in [-0.15, -0.1) is 0 Å². The molecular weight excluding hydrogens is 340 g/mol. The maximum atomic E-state index is 11.8. The minimum absolute atomic E-state index is 0.0106. The Hall–Kier alpha value is -2.94. The Labute approximate surface area is 140 Å². The van der Waals surface area contributed by atoms with Crippen molar-refractivity contribution >= 4 is 29.3 Å². The first-order chi connectivity index (χ1) is 11.3. The summed E-state index contributed by atoms with van der Waals surface area (Å²) in [5.41, 5.74) is -1.16. The van der Waals surface area contributed by atoms with Crippen molar-refractivity contribution in [3.63, 3.8) is 0 Å². The van der Waals surface area contributed by atoms with E-state index in [9.17, 15) is 19.2 Å². The van der Waals surface area contributed by atoms with E-state index in [1.165, 1.54) is 32.4 Å². The van der Waals surface area contributed by atoms with Crippen LogP contribution in [0.2, 0.25) is 5.15 Å². The lowest BCUT2D eigenvalue weighted by atomic mass is 10.3. The van der Waals surface area contributed by atoms with Crippen molar-refractivity contribution in [2.75, 3.05) is 11.9 Å². The number of nitrogens with zero attached hydrogens (tertiary/aromatic N) is 3. The summed E-state index contributed by atoms with van der Waals surface area (Å²) in [5.74, 6) is -1.55. The maximum absolute atomic E-state index is 11.8. The molecule has 1 amide bonds. The molecule has 0 bridgehead atoms. The van der Waals surface area contributed by atoms with E-state index in [1.807, 2.05) is 0 Å². The fraction of sp³-hybridized carbons (Fsp3) is 0.214. The van der Waals surface area contributed by atoms with Gasteiger partial charge in [-0.25, -0.2) is 14.6 Å². The van der Waals surface area contributed by atoms with E-state index in [1.54, 1.807) is 0 Å². The molecule has 24 heavy (non-hydrogen) atoms. The van der Waals surface area contributed by atoms with E-state index in [0.717, 1.165) is 15.2 Å². The average Bonchev–Trinajstić information content (AvgIpc) is 2.56. The normalized spacial score (nSPS) is 10.3. The number of carbonyl (C=O) groups is 2. The van der Waals surface area contributed by atoms with E-state index >= 15 is 0 Å². The highest BCUT2D eigenvalue weighted by Crippen LogP contribution is 2.12. The molecule has 0 aliphatic carbocycles. The molecule has 0 fully saturated rings. The summed E-state index contributed by atoms with van der Waals surface area (Å²) in [6.07, 6.45) is 1.41. The highest BCUT2D eigenvalue weighted by atomic mass is 35.5. The number of ether oxygens (including phenoxy) is 1. The number of esters is 1. The number of rotatable bonds is 4. The van der Waals surface area contributed by atoms with E-state index in [2.05, 4.69) is 10.3 Å². The Morgan fingerprint density at radius 1 is 1.29 bits per heavy atom. The minimum Gasteiger partial charge on any atom is -0.452 e. The Bertz CT molecular complexity index is 918. The Morgan fingerprint density at radius 3 is 2.67 bits per heavy atom. The van der Waals surface area contributed by atoms with E-state index < -0.39 is 29.7 Å². The quantitative estimate of drug-likeness (QED) is 0.608.